The van der Waals surface area contributed by atoms with Crippen LogP contribution in [0.25, 0.3) is 6.08 Å². The average molecular weight is 359 g/mol. The molecule has 0 radical (unpaired) electrons. The molecule has 0 atom stereocenters. The Bertz CT molecular complexity index is 1000. The maximum atomic E-state index is 13.1. The predicted molar refractivity (Wildman–Crippen MR) is 95.6 cm³/mol. The Kier molecular flexibility index (Phi) is 4.07. The maximum absolute atomic E-state index is 13.1. The molecule has 1 aromatic carbocycles. The largest absolute Gasteiger partial charge is 0.287 e. The number of Topliss-reactive ketones (excluding diaryl/α,β-unsaturated/α-hetero) is 1. The number of nitrogens with zero attached hydrogens (tertiary/aromatic N) is 3. The number of allylic oxidation sites excluding steroid dienone is 1. The fourth-order valence-electron chi connectivity index (χ4n) is 3.17. The Morgan fingerprint density at radius 3 is 2.36 bits per heavy atom. The van der Waals surface area contributed by atoms with Crippen LogP contribution in [0.3, 0.4) is 0 Å². The van der Waals surface area contributed by atoms with E-state index in [1.807, 2.05) is 20.9 Å². The second-order valence-corrected chi connectivity index (χ2v) is 8.24. The number of ketones is 1. The van der Waals surface area contributed by atoms with E-state index in [0.717, 1.165) is 17.0 Å². The first kappa shape index (κ1) is 17.4. The molecular formula is C18H21N3O3S. The lowest BCUT2D eigenvalue weighted by Crippen LogP contribution is -2.43. The van der Waals surface area contributed by atoms with Crippen molar-refractivity contribution in [2.75, 3.05) is 0 Å². The van der Waals surface area contributed by atoms with E-state index >= 15 is 0 Å². The summed E-state index contributed by atoms with van der Waals surface area (Å²) in [5.41, 5.74) is 2.77. The SMILES string of the molecule is Cc1nn(C)c(C)c1/C=C1\C(=O)c2ccccc2S(=O)(=O)N1C(C)C. The number of aromatic nitrogens is 2. The van der Waals surface area contributed by atoms with Crippen molar-refractivity contribution in [3.05, 3.63) is 52.5 Å². The summed E-state index contributed by atoms with van der Waals surface area (Å²) in [5, 5.41) is 4.34. The molecule has 0 aliphatic carbocycles. The summed E-state index contributed by atoms with van der Waals surface area (Å²) < 4.78 is 29.1. The van der Waals surface area contributed by atoms with Crippen molar-refractivity contribution < 1.29 is 13.2 Å². The highest BCUT2D eigenvalue weighted by Gasteiger charge is 2.40. The molecule has 2 aromatic rings. The molecule has 0 amide bonds. The number of carbonyl (C=O) groups is 1. The van der Waals surface area contributed by atoms with Gasteiger partial charge in [0.05, 0.1) is 10.6 Å². The van der Waals surface area contributed by atoms with Crippen LogP contribution in [0.4, 0.5) is 0 Å². The second-order valence-electron chi connectivity index (χ2n) is 6.46. The zero-order valence-electron chi connectivity index (χ0n) is 14.9. The van der Waals surface area contributed by atoms with Crippen molar-refractivity contribution in [2.45, 2.75) is 38.6 Å². The molecule has 0 saturated carbocycles. The van der Waals surface area contributed by atoms with Crippen molar-refractivity contribution in [1.82, 2.24) is 14.1 Å². The number of hydrogen-bond acceptors (Lipinski definition) is 4. The first-order valence-corrected chi connectivity index (χ1v) is 9.50. The number of aryl methyl sites for hydroxylation is 2. The molecule has 0 saturated heterocycles. The van der Waals surface area contributed by atoms with Crippen LogP contribution in [0.1, 0.15) is 41.2 Å². The number of hydrogen-bond donors (Lipinski definition) is 0. The maximum Gasteiger partial charge on any atom is 0.265 e. The summed E-state index contributed by atoms with van der Waals surface area (Å²) in [7, 11) is -1.97. The van der Waals surface area contributed by atoms with E-state index in [9.17, 15) is 13.2 Å². The topological polar surface area (TPSA) is 72.3 Å². The molecule has 25 heavy (non-hydrogen) atoms. The summed E-state index contributed by atoms with van der Waals surface area (Å²) in [5.74, 6) is -0.290. The molecule has 7 heteroatoms. The van der Waals surface area contributed by atoms with Gasteiger partial charge < -0.3 is 0 Å². The van der Waals surface area contributed by atoms with Gasteiger partial charge in [0.15, 0.2) is 0 Å². The summed E-state index contributed by atoms with van der Waals surface area (Å²) in [4.78, 5) is 13.1. The molecule has 1 aliphatic rings. The third-order valence-electron chi connectivity index (χ3n) is 4.45. The van der Waals surface area contributed by atoms with Gasteiger partial charge in [-0.15, -0.1) is 0 Å². The van der Waals surface area contributed by atoms with Crippen LogP contribution in [-0.2, 0) is 17.1 Å². The van der Waals surface area contributed by atoms with Crippen LogP contribution in [0, 0.1) is 13.8 Å². The van der Waals surface area contributed by atoms with Crippen molar-refractivity contribution in [3.63, 3.8) is 0 Å². The van der Waals surface area contributed by atoms with Crippen molar-refractivity contribution >= 4 is 21.9 Å². The van der Waals surface area contributed by atoms with E-state index < -0.39 is 10.0 Å². The van der Waals surface area contributed by atoms with Crippen LogP contribution < -0.4 is 0 Å². The number of fused-ring (bicyclic) bond motifs is 1. The van der Waals surface area contributed by atoms with Gasteiger partial charge >= 0.3 is 0 Å². The summed E-state index contributed by atoms with van der Waals surface area (Å²) in [6.45, 7) is 7.25. The summed E-state index contributed by atoms with van der Waals surface area (Å²) >= 11 is 0. The highest BCUT2D eigenvalue weighted by molar-refractivity contribution is 7.89. The summed E-state index contributed by atoms with van der Waals surface area (Å²) in [6, 6.07) is 5.96. The Hall–Kier alpha value is -2.41. The van der Waals surface area contributed by atoms with Gasteiger partial charge in [0.2, 0.25) is 5.78 Å². The monoisotopic (exact) mass is 359 g/mol. The fourth-order valence-corrected chi connectivity index (χ4v) is 5.02. The molecular weight excluding hydrogens is 338 g/mol. The second kappa shape index (κ2) is 5.84. The van der Waals surface area contributed by atoms with Gasteiger partial charge in [-0.2, -0.15) is 5.10 Å². The first-order chi connectivity index (χ1) is 11.7. The van der Waals surface area contributed by atoms with Gasteiger partial charge in [-0.3, -0.25) is 13.8 Å². The van der Waals surface area contributed by atoms with Crippen molar-refractivity contribution in [2.24, 2.45) is 7.05 Å². The molecule has 3 rings (SSSR count). The van der Waals surface area contributed by atoms with E-state index in [2.05, 4.69) is 5.10 Å². The van der Waals surface area contributed by atoms with Crippen LogP contribution >= 0.6 is 0 Å². The van der Waals surface area contributed by atoms with Crippen LogP contribution in [-0.4, -0.2) is 34.3 Å². The third kappa shape index (κ3) is 2.59. The number of benzene rings is 1. The van der Waals surface area contributed by atoms with E-state index in [4.69, 9.17) is 0 Å². The highest BCUT2D eigenvalue weighted by atomic mass is 32.2. The van der Waals surface area contributed by atoms with Crippen LogP contribution in [0.5, 0.6) is 0 Å². The van der Waals surface area contributed by atoms with Gasteiger partial charge in [-0.05, 0) is 45.9 Å². The minimum Gasteiger partial charge on any atom is -0.287 e. The Morgan fingerprint density at radius 1 is 1.16 bits per heavy atom. The van der Waals surface area contributed by atoms with Crippen LogP contribution in [0.15, 0.2) is 34.9 Å². The lowest BCUT2D eigenvalue weighted by molar-refractivity contribution is 0.0996. The van der Waals surface area contributed by atoms with E-state index in [1.165, 1.54) is 10.4 Å². The first-order valence-electron chi connectivity index (χ1n) is 8.06. The molecule has 0 spiro atoms. The molecule has 0 bridgehead atoms. The predicted octanol–water partition coefficient (Wildman–Crippen LogP) is 2.67. The van der Waals surface area contributed by atoms with Gasteiger partial charge in [-0.1, -0.05) is 12.1 Å². The summed E-state index contributed by atoms with van der Waals surface area (Å²) in [6.07, 6.45) is 1.65. The fraction of sp³-hybridized carbons (Fsp3) is 0.333. The Morgan fingerprint density at radius 2 is 1.80 bits per heavy atom. The smallest absolute Gasteiger partial charge is 0.265 e. The Labute approximate surface area is 147 Å². The minimum atomic E-state index is -3.79. The lowest BCUT2D eigenvalue weighted by Gasteiger charge is -2.34. The van der Waals surface area contributed by atoms with Crippen LogP contribution in [0.2, 0.25) is 0 Å². The number of rotatable bonds is 2. The van der Waals surface area contributed by atoms with E-state index in [1.54, 1.807) is 42.8 Å². The quantitative estimate of drug-likeness (QED) is 0.773. The molecule has 0 fully saturated rings. The number of sulfonamides is 1. The van der Waals surface area contributed by atoms with Crippen molar-refractivity contribution in [3.8, 4) is 0 Å². The third-order valence-corrected chi connectivity index (χ3v) is 6.50. The molecule has 6 nitrogen and oxygen atoms in total. The Balaban J connectivity index is 2.32. The molecule has 1 aromatic heterocycles. The van der Waals surface area contributed by atoms with E-state index in [0.29, 0.717) is 0 Å². The zero-order chi connectivity index (χ0) is 18.5. The zero-order valence-corrected chi connectivity index (χ0v) is 15.8. The highest BCUT2D eigenvalue weighted by Crippen LogP contribution is 2.35. The molecule has 132 valence electrons. The average Bonchev–Trinajstić information content (AvgIpc) is 2.78. The van der Waals surface area contributed by atoms with Gasteiger partial charge in [0, 0.05) is 29.9 Å². The standard InChI is InChI=1S/C18H21N3O3S/c1-11(2)21-16(10-15-12(3)19-20(5)13(15)4)18(22)14-8-6-7-9-17(14)25(21,23)24/h6-11H,1-5H3/b16-10+. The normalized spacial score (nSPS) is 18.1. The number of carbonyl (C=O) groups excluding carboxylic acids is 1. The molecule has 2 heterocycles. The van der Waals surface area contributed by atoms with Gasteiger partial charge in [0.25, 0.3) is 10.0 Å². The van der Waals surface area contributed by atoms with E-state index in [-0.39, 0.29) is 28.0 Å². The molecule has 0 N–H and O–H groups in total. The van der Waals surface area contributed by atoms with Gasteiger partial charge in [-0.25, -0.2) is 8.42 Å². The molecule has 0 unspecified atom stereocenters. The minimum absolute atomic E-state index is 0.0606. The lowest BCUT2D eigenvalue weighted by atomic mass is 10.0. The molecule has 1 aliphatic heterocycles. The van der Waals surface area contributed by atoms with Gasteiger partial charge in [0.1, 0.15) is 5.70 Å². The van der Waals surface area contributed by atoms with Crippen molar-refractivity contribution in [1.29, 1.82) is 0 Å².